The Labute approximate surface area is 172 Å². The summed E-state index contributed by atoms with van der Waals surface area (Å²) in [5, 5.41) is 7.32. The third kappa shape index (κ3) is 4.49. The van der Waals surface area contributed by atoms with E-state index in [1.807, 2.05) is 6.08 Å². The maximum Gasteiger partial charge on any atom is 0.425 e. The Balaban J connectivity index is 1.54. The van der Waals surface area contributed by atoms with E-state index in [2.05, 4.69) is 15.4 Å². The quantitative estimate of drug-likeness (QED) is 0.628. The topological polar surface area (TPSA) is 59.8 Å². The molecule has 0 aliphatic carbocycles. The molecule has 10 heteroatoms. The molecule has 3 heterocycles. The van der Waals surface area contributed by atoms with Crippen molar-refractivity contribution in [2.45, 2.75) is 25.2 Å². The van der Waals surface area contributed by atoms with Crippen LogP contribution in [0.3, 0.4) is 0 Å². The lowest BCUT2D eigenvalue weighted by Crippen LogP contribution is -2.32. The highest BCUT2D eigenvalue weighted by atomic mass is 32.1. The van der Waals surface area contributed by atoms with Gasteiger partial charge in [-0.05, 0) is 41.8 Å². The van der Waals surface area contributed by atoms with E-state index in [4.69, 9.17) is 0 Å². The Morgan fingerprint density at radius 1 is 1.17 bits per heavy atom. The molecular weight excluding hydrogens is 420 g/mol. The second-order valence-corrected chi connectivity index (χ2v) is 7.93. The number of halogens is 4. The van der Waals surface area contributed by atoms with Gasteiger partial charge in [0.1, 0.15) is 10.7 Å². The van der Waals surface area contributed by atoms with E-state index in [-0.39, 0.29) is 18.4 Å². The number of aromatic nitrogens is 3. The third-order valence-electron chi connectivity index (χ3n) is 4.68. The molecule has 0 bridgehead atoms. The van der Waals surface area contributed by atoms with Crippen LogP contribution in [0.2, 0.25) is 0 Å². The van der Waals surface area contributed by atoms with Gasteiger partial charge in [-0.15, -0.1) is 11.3 Å². The van der Waals surface area contributed by atoms with E-state index in [1.54, 1.807) is 12.1 Å². The molecular formula is C20H16F4N4OS. The molecule has 1 atom stereocenters. The van der Waals surface area contributed by atoms with Crippen LogP contribution in [-0.4, -0.2) is 21.3 Å². The van der Waals surface area contributed by atoms with E-state index in [0.29, 0.717) is 28.5 Å². The van der Waals surface area contributed by atoms with Gasteiger partial charge in [0.2, 0.25) is 0 Å². The second kappa shape index (κ2) is 8.11. The molecule has 1 aliphatic rings. The van der Waals surface area contributed by atoms with Crippen molar-refractivity contribution >= 4 is 16.9 Å². The monoisotopic (exact) mass is 436 g/mol. The number of nitrogens with zero attached hydrogens (tertiary/aromatic N) is 3. The molecule has 156 valence electrons. The molecule has 1 unspecified atom stereocenters. The fourth-order valence-electron chi connectivity index (χ4n) is 3.20. The number of rotatable bonds is 4. The van der Waals surface area contributed by atoms with Crippen LogP contribution in [-0.2, 0) is 12.7 Å². The Morgan fingerprint density at radius 2 is 1.93 bits per heavy atom. The summed E-state index contributed by atoms with van der Waals surface area (Å²) < 4.78 is 52.4. The highest BCUT2D eigenvalue weighted by Gasteiger charge is 2.32. The van der Waals surface area contributed by atoms with Crippen molar-refractivity contribution in [3.8, 4) is 0 Å². The van der Waals surface area contributed by atoms with Gasteiger partial charge in [0, 0.05) is 11.4 Å². The van der Waals surface area contributed by atoms with Gasteiger partial charge in [-0.1, -0.05) is 18.2 Å². The molecule has 0 spiro atoms. The summed E-state index contributed by atoms with van der Waals surface area (Å²) in [6.07, 6.45) is -0.321. The van der Waals surface area contributed by atoms with E-state index in [9.17, 15) is 22.4 Å². The van der Waals surface area contributed by atoms with Crippen LogP contribution in [0.5, 0.6) is 0 Å². The van der Waals surface area contributed by atoms with Crippen molar-refractivity contribution in [1.29, 1.82) is 0 Å². The molecule has 30 heavy (non-hydrogen) atoms. The first-order chi connectivity index (χ1) is 14.3. The molecule has 1 N–H and O–H groups in total. The van der Waals surface area contributed by atoms with Gasteiger partial charge in [0.25, 0.3) is 0 Å². The summed E-state index contributed by atoms with van der Waals surface area (Å²) in [5.41, 5.74) is 1.67. The largest absolute Gasteiger partial charge is 0.425 e. The van der Waals surface area contributed by atoms with E-state index in [0.717, 1.165) is 28.3 Å². The summed E-state index contributed by atoms with van der Waals surface area (Å²) in [6.45, 7) is 0.565. The van der Waals surface area contributed by atoms with Crippen LogP contribution in [0.4, 0.5) is 17.6 Å². The van der Waals surface area contributed by atoms with Crippen LogP contribution >= 0.6 is 11.3 Å². The molecule has 0 fully saturated rings. The lowest BCUT2D eigenvalue weighted by molar-refractivity contribution is -0.134. The SMILES string of the molecule is O=c1nc(C2C=C(c3ccc(F)cc3)CCN2)cnn1Cc1ccc(C(F)(F)F)s1. The number of alkyl halides is 3. The number of benzene rings is 1. The van der Waals surface area contributed by atoms with E-state index < -0.39 is 16.7 Å². The minimum absolute atomic E-state index is 0.0817. The van der Waals surface area contributed by atoms with E-state index in [1.165, 1.54) is 24.4 Å². The molecule has 4 rings (SSSR count). The standard InChI is InChI=1S/C20H16F4N4OS/c21-14-3-1-12(2-4-14)13-7-8-25-16(9-13)17-10-26-28(19(29)27-17)11-15-5-6-18(30-15)20(22,23)24/h1-6,9-10,16,25H,7-8,11H2. The lowest BCUT2D eigenvalue weighted by atomic mass is 9.96. The Kier molecular flexibility index (Phi) is 5.52. The zero-order valence-corrected chi connectivity index (χ0v) is 16.3. The first-order valence-electron chi connectivity index (χ1n) is 9.09. The lowest BCUT2D eigenvalue weighted by Gasteiger charge is -2.22. The predicted octanol–water partition coefficient (Wildman–Crippen LogP) is 4.02. The van der Waals surface area contributed by atoms with Gasteiger partial charge in [0.15, 0.2) is 0 Å². The minimum Gasteiger partial charge on any atom is -0.305 e. The molecule has 0 radical (unpaired) electrons. The molecule has 3 aromatic rings. The Hall–Kier alpha value is -2.85. The molecule has 1 aromatic carbocycles. The normalized spacial score (nSPS) is 17.1. The zero-order valence-electron chi connectivity index (χ0n) is 15.5. The van der Waals surface area contributed by atoms with Crippen molar-refractivity contribution in [2.75, 3.05) is 6.54 Å². The smallest absolute Gasteiger partial charge is 0.305 e. The third-order valence-corrected chi connectivity index (χ3v) is 5.80. The molecule has 5 nitrogen and oxygen atoms in total. The summed E-state index contributed by atoms with van der Waals surface area (Å²) >= 11 is 0.573. The van der Waals surface area contributed by atoms with Gasteiger partial charge < -0.3 is 5.32 Å². The zero-order chi connectivity index (χ0) is 21.3. The number of thiophene rings is 1. The van der Waals surface area contributed by atoms with Gasteiger partial charge in [-0.25, -0.2) is 13.9 Å². The average Bonchev–Trinajstić information content (AvgIpc) is 3.19. The average molecular weight is 436 g/mol. The Bertz CT molecular complexity index is 1130. The van der Waals surface area contributed by atoms with Crippen LogP contribution < -0.4 is 11.0 Å². The van der Waals surface area contributed by atoms with Gasteiger partial charge in [-0.3, -0.25) is 0 Å². The van der Waals surface area contributed by atoms with Gasteiger partial charge in [0.05, 0.1) is 24.5 Å². The first-order valence-corrected chi connectivity index (χ1v) is 9.91. The fraction of sp³-hybridized carbons (Fsp3) is 0.250. The maximum absolute atomic E-state index is 13.2. The van der Waals surface area contributed by atoms with Crippen molar-refractivity contribution in [3.05, 3.63) is 86.0 Å². The minimum atomic E-state index is -4.41. The molecule has 0 amide bonds. The van der Waals surface area contributed by atoms with Gasteiger partial charge >= 0.3 is 11.9 Å². The second-order valence-electron chi connectivity index (χ2n) is 6.77. The molecule has 1 aliphatic heterocycles. The number of nitrogens with one attached hydrogen (secondary N) is 1. The maximum atomic E-state index is 13.2. The summed E-state index contributed by atoms with van der Waals surface area (Å²) in [4.78, 5) is 16.1. The highest BCUT2D eigenvalue weighted by Crippen LogP contribution is 2.34. The molecule has 2 aromatic heterocycles. The van der Waals surface area contributed by atoms with Crippen molar-refractivity contribution in [3.63, 3.8) is 0 Å². The first kappa shape index (κ1) is 20.4. The highest BCUT2D eigenvalue weighted by molar-refractivity contribution is 7.12. The van der Waals surface area contributed by atoms with Crippen molar-refractivity contribution < 1.29 is 17.6 Å². The molecule has 0 saturated heterocycles. The van der Waals surface area contributed by atoms with Crippen LogP contribution in [0.1, 0.15) is 33.5 Å². The summed E-state index contributed by atoms with van der Waals surface area (Å²) in [5.74, 6) is -0.313. The number of hydrogen-bond donors (Lipinski definition) is 1. The van der Waals surface area contributed by atoms with Crippen molar-refractivity contribution in [1.82, 2.24) is 20.1 Å². The van der Waals surface area contributed by atoms with Crippen molar-refractivity contribution in [2.24, 2.45) is 0 Å². The predicted molar refractivity (Wildman–Crippen MR) is 104 cm³/mol. The Morgan fingerprint density at radius 3 is 2.60 bits per heavy atom. The summed E-state index contributed by atoms with van der Waals surface area (Å²) in [7, 11) is 0. The van der Waals surface area contributed by atoms with Gasteiger partial charge in [-0.2, -0.15) is 23.3 Å². The number of hydrogen-bond acceptors (Lipinski definition) is 5. The molecule has 0 saturated carbocycles. The van der Waals surface area contributed by atoms with E-state index >= 15 is 0 Å². The summed E-state index contributed by atoms with van der Waals surface area (Å²) in [6, 6.07) is 8.15. The van der Waals surface area contributed by atoms with Crippen LogP contribution in [0, 0.1) is 5.82 Å². The fourth-order valence-corrected chi connectivity index (χ4v) is 4.05. The van der Waals surface area contributed by atoms with Crippen LogP contribution in [0.25, 0.3) is 5.57 Å². The van der Waals surface area contributed by atoms with Crippen LogP contribution in [0.15, 0.2) is 53.5 Å².